The number of hydrogen-bond donors (Lipinski definition) is 1. The number of aromatic nitrogens is 2. The number of ether oxygens (including phenoxy) is 1. The molecule has 0 aliphatic rings. The Balaban J connectivity index is 2.23. The van der Waals surface area contributed by atoms with E-state index in [2.05, 4.69) is 5.10 Å². The molecule has 0 unspecified atom stereocenters. The molecule has 5 nitrogen and oxygen atoms in total. The lowest BCUT2D eigenvalue weighted by Gasteiger charge is -2.06. The molecule has 90 valence electrons. The second-order valence-electron chi connectivity index (χ2n) is 3.62. The number of thiocarbonyl (C=S) groups is 1. The molecule has 2 rings (SSSR count). The van der Waals surface area contributed by atoms with Crippen LogP contribution in [-0.4, -0.2) is 14.8 Å². The Bertz CT molecular complexity index is 531. The van der Waals surface area contributed by atoms with Crippen LogP contribution >= 0.6 is 12.2 Å². The topological polar surface area (TPSA) is 66.2 Å². The van der Waals surface area contributed by atoms with Gasteiger partial charge in [-0.05, 0) is 19.1 Å². The van der Waals surface area contributed by atoms with E-state index in [0.717, 1.165) is 11.5 Å². The van der Waals surface area contributed by atoms with Crippen LogP contribution in [0.3, 0.4) is 0 Å². The number of furan rings is 1. The molecule has 0 aromatic carbocycles. The van der Waals surface area contributed by atoms with Gasteiger partial charge in [-0.3, -0.25) is 0 Å². The number of rotatable bonds is 4. The van der Waals surface area contributed by atoms with Crippen molar-refractivity contribution in [1.82, 2.24) is 9.78 Å². The predicted octanol–water partition coefficient (Wildman–Crippen LogP) is 1.53. The first kappa shape index (κ1) is 11.7. The summed E-state index contributed by atoms with van der Waals surface area (Å²) in [7, 11) is 1.78. The highest BCUT2D eigenvalue weighted by molar-refractivity contribution is 7.80. The maximum Gasteiger partial charge on any atom is 0.222 e. The number of nitrogens with two attached hydrogens (primary N) is 1. The maximum atomic E-state index is 5.65. The number of aryl methyl sites for hydroxylation is 2. The van der Waals surface area contributed by atoms with Gasteiger partial charge in [-0.2, -0.15) is 5.10 Å². The van der Waals surface area contributed by atoms with Crippen molar-refractivity contribution >= 4 is 17.2 Å². The summed E-state index contributed by atoms with van der Waals surface area (Å²) in [6, 6.07) is 3.64. The molecule has 0 aliphatic heterocycles. The quantitative estimate of drug-likeness (QED) is 0.835. The molecule has 2 N–H and O–H groups in total. The molecule has 2 aromatic rings. The van der Waals surface area contributed by atoms with Crippen molar-refractivity contribution in [3.8, 4) is 5.88 Å². The summed E-state index contributed by atoms with van der Waals surface area (Å²) in [6.07, 6.45) is 1.60. The number of hydrogen-bond acceptors (Lipinski definition) is 4. The standard InChI is InChI=1S/C11H13N3O2S/c1-7-9(10(12)17)11(14(2)13-7)16-6-8-4-3-5-15-8/h3-5H,6H2,1-2H3,(H2,12,17). The van der Waals surface area contributed by atoms with Crippen molar-refractivity contribution in [2.75, 3.05) is 0 Å². The highest BCUT2D eigenvalue weighted by Crippen LogP contribution is 2.22. The van der Waals surface area contributed by atoms with Crippen LogP contribution in [-0.2, 0) is 13.7 Å². The van der Waals surface area contributed by atoms with Crippen molar-refractivity contribution in [1.29, 1.82) is 0 Å². The fourth-order valence-electron chi connectivity index (χ4n) is 1.62. The summed E-state index contributed by atoms with van der Waals surface area (Å²) < 4.78 is 12.4. The maximum absolute atomic E-state index is 5.65. The van der Waals surface area contributed by atoms with Gasteiger partial charge in [-0.25, -0.2) is 4.68 Å². The third-order valence-electron chi connectivity index (χ3n) is 2.35. The SMILES string of the molecule is Cc1nn(C)c(OCc2ccco2)c1C(N)=S. The van der Waals surface area contributed by atoms with E-state index in [9.17, 15) is 0 Å². The zero-order valence-corrected chi connectivity index (χ0v) is 10.5. The fraction of sp³-hybridized carbons (Fsp3) is 0.273. The van der Waals surface area contributed by atoms with Gasteiger partial charge in [0.1, 0.15) is 17.4 Å². The summed E-state index contributed by atoms with van der Waals surface area (Å²) in [5.74, 6) is 1.30. The Hall–Kier alpha value is -1.82. The van der Waals surface area contributed by atoms with E-state index in [1.54, 1.807) is 18.0 Å². The predicted molar refractivity (Wildman–Crippen MR) is 66.9 cm³/mol. The normalized spacial score (nSPS) is 10.5. The Labute approximate surface area is 104 Å². The van der Waals surface area contributed by atoms with Gasteiger partial charge < -0.3 is 14.9 Å². The van der Waals surface area contributed by atoms with Crippen LogP contribution in [0, 0.1) is 6.92 Å². The largest absolute Gasteiger partial charge is 0.469 e. The van der Waals surface area contributed by atoms with Crippen molar-refractivity contribution < 1.29 is 9.15 Å². The van der Waals surface area contributed by atoms with Crippen molar-refractivity contribution in [2.45, 2.75) is 13.5 Å². The molecule has 2 aromatic heterocycles. The third-order valence-corrected chi connectivity index (χ3v) is 2.55. The van der Waals surface area contributed by atoms with E-state index in [1.807, 2.05) is 19.1 Å². The molecule has 17 heavy (non-hydrogen) atoms. The molecule has 0 bridgehead atoms. The van der Waals surface area contributed by atoms with Gasteiger partial charge in [-0.15, -0.1) is 0 Å². The van der Waals surface area contributed by atoms with Crippen molar-refractivity contribution in [3.63, 3.8) is 0 Å². The van der Waals surface area contributed by atoms with Gasteiger partial charge in [0.2, 0.25) is 5.88 Å². The van der Waals surface area contributed by atoms with Gasteiger partial charge >= 0.3 is 0 Å². The van der Waals surface area contributed by atoms with Crippen LogP contribution in [0.1, 0.15) is 17.0 Å². The Morgan fingerprint density at radius 3 is 3.00 bits per heavy atom. The van der Waals surface area contributed by atoms with E-state index in [1.165, 1.54) is 0 Å². The highest BCUT2D eigenvalue weighted by atomic mass is 32.1. The molecule has 0 radical (unpaired) electrons. The molecule has 0 spiro atoms. The zero-order valence-electron chi connectivity index (χ0n) is 9.64. The van der Waals surface area contributed by atoms with E-state index < -0.39 is 0 Å². The minimum atomic E-state index is 0.282. The van der Waals surface area contributed by atoms with Gasteiger partial charge in [0.15, 0.2) is 0 Å². The third kappa shape index (κ3) is 2.31. The molecular formula is C11H13N3O2S. The van der Waals surface area contributed by atoms with Crippen molar-refractivity contribution in [2.24, 2.45) is 12.8 Å². The van der Waals surface area contributed by atoms with Crippen LogP contribution in [0.25, 0.3) is 0 Å². The lowest BCUT2D eigenvalue weighted by Crippen LogP contribution is -2.12. The molecular weight excluding hydrogens is 238 g/mol. The summed E-state index contributed by atoms with van der Waals surface area (Å²) in [4.78, 5) is 0.282. The van der Waals surface area contributed by atoms with Crippen LogP contribution in [0.2, 0.25) is 0 Å². The molecule has 0 aliphatic carbocycles. The Morgan fingerprint density at radius 2 is 2.41 bits per heavy atom. The molecule has 2 heterocycles. The minimum Gasteiger partial charge on any atom is -0.469 e. The molecule has 6 heteroatoms. The van der Waals surface area contributed by atoms with Crippen molar-refractivity contribution in [3.05, 3.63) is 35.4 Å². The van der Waals surface area contributed by atoms with Gasteiger partial charge in [-0.1, -0.05) is 12.2 Å². The summed E-state index contributed by atoms with van der Waals surface area (Å²) >= 11 is 4.99. The van der Waals surface area contributed by atoms with E-state index >= 15 is 0 Å². The first-order valence-electron chi connectivity index (χ1n) is 5.08. The average Bonchev–Trinajstić information content (AvgIpc) is 2.83. The summed E-state index contributed by atoms with van der Waals surface area (Å²) in [5.41, 5.74) is 7.09. The Morgan fingerprint density at radius 1 is 1.65 bits per heavy atom. The lowest BCUT2D eigenvalue weighted by molar-refractivity contribution is 0.248. The first-order valence-corrected chi connectivity index (χ1v) is 5.49. The minimum absolute atomic E-state index is 0.282. The fourth-order valence-corrected chi connectivity index (χ4v) is 1.86. The lowest BCUT2D eigenvalue weighted by atomic mass is 10.2. The van der Waals surface area contributed by atoms with Crippen LogP contribution < -0.4 is 10.5 Å². The summed E-state index contributed by atoms with van der Waals surface area (Å²) in [5, 5.41) is 4.23. The van der Waals surface area contributed by atoms with Crippen LogP contribution in [0.4, 0.5) is 0 Å². The summed E-state index contributed by atoms with van der Waals surface area (Å²) in [6.45, 7) is 2.16. The molecule has 0 saturated carbocycles. The van der Waals surface area contributed by atoms with Gasteiger partial charge in [0, 0.05) is 7.05 Å². The van der Waals surface area contributed by atoms with E-state index in [4.69, 9.17) is 27.1 Å². The molecule has 0 amide bonds. The molecule has 0 fully saturated rings. The second kappa shape index (κ2) is 4.58. The van der Waals surface area contributed by atoms with Crippen LogP contribution in [0.15, 0.2) is 22.8 Å². The monoisotopic (exact) mass is 251 g/mol. The Kier molecular flexibility index (Phi) is 3.14. The van der Waals surface area contributed by atoms with E-state index in [0.29, 0.717) is 18.1 Å². The first-order chi connectivity index (χ1) is 8.09. The smallest absolute Gasteiger partial charge is 0.222 e. The van der Waals surface area contributed by atoms with Gasteiger partial charge in [0.25, 0.3) is 0 Å². The average molecular weight is 251 g/mol. The molecule has 0 saturated heterocycles. The van der Waals surface area contributed by atoms with Crippen LogP contribution in [0.5, 0.6) is 5.88 Å². The second-order valence-corrected chi connectivity index (χ2v) is 4.06. The van der Waals surface area contributed by atoms with Gasteiger partial charge in [0.05, 0.1) is 17.5 Å². The highest BCUT2D eigenvalue weighted by Gasteiger charge is 2.17. The van der Waals surface area contributed by atoms with E-state index in [-0.39, 0.29) is 4.99 Å². The molecule has 0 atom stereocenters. The zero-order chi connectivity index (χ0) is 12.4. The number of nitrogens with zero attached hydrogens (tertiary/aromatic N) is 2.